The van der Waals surface area contributed by atoms with Gasteiger partial charge in [0.15, 0.2) is 0 Å². The van der Waals surface area contributed by atoms with Crippen LogP contribution in [0.25, 0.3) is 0 Å². The lowest BCUT2D eigenvalue weighted by Gasteiger charge is -2.25. The van der Waals surface area contributed by atoms with Crippen LogP contribution in [0.3, 0.4) is 0 Å². The van der Waals surface area contributed by atoms with Gasteiger partial charge in [0.1, 0.15) is 0 Å². The molecule has 2 N–H and O–H groups in total. The van der Waals surface area contributed by atoms with Gasteiger partial charge in [-0.05, 0) is 63.1 Å². The Hall–Kier alpha value is -0.860. The number of nitrogens with one attached hydrogen (secondary N) is 1. The summed E-state index contributed by atoms with van der Waals surface area (Å²) >= 11 is 0. The normalized spacial score (nSPS) is 24.2. The predicted molar refractivity (Wildman–Crippen MR) is 75.6 cm³/mol. The lowest BCUT2D eigenvalue weighted by Crippen LogP contribution is -2.27. The summed E-state index contributed by atoms with van der Waals surface area (Å²) in [7, 11) is 0. The van der Waals surface area contributed by atoms with Gasteiger partial charge in [0, 0.05) is 6.54 Å². The molecule has 0 bridgehead atoms. The first-order valence-corrected chi connectivity index (χ1v) is 7.10. The third-order valence-electron chi connectivity index (χ3n) is 4.07. The number of hydrogen-bond acceptors (Lipinski definition) is 2. The molecule has 1 aromatic carbocycles. The van der Waals surface area contributed by atoms with E-state index in [1.54, 1.807) is 0 Å². The molecule has 100 valence electrons. The second-order valence-corrected chi connectivity index (χ2v) is 5.74. The van der Waals surface area contributed by atoms with Crippen molar-refractivity contribution in [2.75, 3.05) is 6.54 Å². The van der Waals surface area contributed by atoms with Crippen molar-refractivity contribution in [2.24, 2.45) is 5.92 Å². The number of aryl methyl sites for hydroxylation is 2. The molecule has 2 nitrogen and oxygen atoms in total. The Labute approximate surface area is 110 Å². The minimum atomic E-state index is -0.0414. The molecule has 0 heterocycles. The molecule has 0 aliphatic heterocycles. The zero-order valence-corrected chi connectivity index (χ0v) is 11.6. The Morgan fingerprint density at radius 2 is 1.89 bits per heavy atom. The zero-order chi connectivity index (χ0) is 13.0. The molecule has 18 heavy (non-hydrogen) atoms. The van der Waals surface area contributed by atoms with E-state index in [1.165, 1.54) is 29.5 Å². The van der Waals surface area contributed by atoms with Crippen LogP contribution in [-0.2, 0) is 6.54 Å². The lowest BCUT2D eigenvalue weighted by molar-refractivity contribution is 0.108. The van der Waals surface area contributed by atoms with Crippen LogP contribution in [0.4, 0.5) is 0 Å². The van der Waals surface area contributed by atoms with E-state index in [9.17, 15) is 5.11 Å². The molecule has 0 amide bonds. The summed E-state index contributed by atoms with van der Waals surface area (Å²) < 4.78 is 0. The highest BCUT2D eigenvalue weighted by molar-refractivity contribution is 5.30. The molecule has 0 unspecified atom stereocenters. The van der Waals surface area contributed by atoms with Crippen molar-refractivity contribution in [1.29, 1.82) is 0 Å². The van der Waals surface area contributed by atoms with Gasteiger partial charge in [-0.25, -0.2) is 0 Å². The van der Waals surface area contributed by atoms with Gasteiger partial charge in [0.2, 0.25) is 0 Å². The highest BCUT2D eigenvalue weighted by Crippen LogP contribution is 2.23. The predicted octanol–water partition coefficient (Wildman–Crippen LogP) is 2.94. The molecule has 0 atom stereocenters. The summed E-state index contributed by atoms with van der Waals surface area (Å²) in [5.41, 5.74) is 4.11. The summed E-state index contributed by atoms with van der Waals surface area (Å²) in [5, 5.41) is 13.0. The van der Waals surface area contributed by atoms with Crippen LogP contribution in [0.5, 0.6) is 0 Å². The summed E-state index contributed by atoms with van der Waals surface area (Å²) in [6, 6.07) is 6.64. The quantitative estimate of drug-likeness (QED) is 0.857. The summed E-state index contributed by atoms with van der Waals surface area (Å²) in [4.78, 5) is 0. The largest absolute Gasteiger partial charge is 0.393 e. The molecule has 1 aliphatic carbocycles. The van der Waals surface area contributed by atoms with Crippen molar-refractivity contribution in [3.8, 4) is 0 Å². The fourth-order valence-corrected chi connectivity index (χ4v) is 2.75. The third-order valence-corrected chi connectivity index (χ3v) is 4.07. The van der Waals surface area contributed by atoms with Crippen LogP contribution in [0, 0.1) is 19.8 Å². The number of rotatable bonds is 4. The maximum atomic E-state index is 9.48. The van der Waals surface area contributed by atoms with Gasteiger partial charge in [0.25, 0.3) is 0 Å². The van der Waals surface area contributed by atoms with Gasteiger partial charge in [-0.3, -0.25) is 0 Å². The van der Waals surface area contributed by atoms with Crippen molar-refractivity contribution in [3.05, 3.63) is 34.9 Å². The summed E-state index contributed by atoms with van der Waals surface area (Å²) in [6.07, 6.45) is 4.26. The Kier molecular flexibility index (Phi) is 4.79. The molecule has 2 rings (SSSR count). The first-order chi connectivity index (χ1) is 8.65. The van der Waals surface area contributed by atoms with E-state index in [0.29, 0.717) is 0 Å². The molecule has 1 saturated carbocycles. The average molecular weight is 247 g/mol. The molecule has 0 spiro atoms. The van der Waals surface area contributed by atoms with E-state index in [-0.39, 0.29) is 6.10 Å². The van der Waals surface area contributed by atoms with Crippen LogP contribution in [-0.4, -0.2) is 17.8 Å². The van der Waals surface area contributed by atoms with Crippen molar-refractivity contribution in [1.82, 2.24) is 5.32 Å². The van der Waals surface area contributed by atoms with E-state index in [1.807, 2.05) is 0 Å². The molecular formula is C16H25NO. The van der Waals surface area contributed by atoms with E-state index in [0.717, 1.165) is 31.8 Å². The lowest BCUT2D eigenvalue weighted by atomic mass is 9.87. The highest BCUT2D eigenvalue weighted by Gasteiger charge is 2.18. The van der Waals surface area contributed by atoms with Gasteiger partial charge in [-0.1, -0.05) is 23.8 Å². The number of aliphatic hydroxyl groups is 1. The van der Waals surface area contributed by atoms with Crippen molar-refractivity contribution >= 4 is 0 Å². The molecule has 0 radical (unpaired) electrons. The van der Waals surface area contributed by atoms with E-state index < -0.39 is 0 Å². The fourth-order valence-electron chi connectivity index (χ4n) is 2.75. The topological polar surface area (TPSA) is 32.3 Å². The summed E-state index contributed by atoms with van der Waals surface area (Å²) in [5.74, 6) is 0.749. The van der Waals surface area contributed by atoms with Crippen molar-refractivity contribution < 1.29 is 5.11 Å². The molecule has 0 aromatic heterocycles. The third kappa shape index (κ3) is 3.82. The Morgan fingerprint density at radius 1 is 1.17 bits per heavy atom. The summed E-state index contributed by atoms with van der Waals surface area (Å²) in [6.45, 7) is 6.37. The van der Waals surface area contributed by atoms with E-state index in [4.69, 9.17) is 0 Å². The molecule has 1 fully saturated rings. The van der Waals surface area contributed by atoms with Gasteiger partial charge in [-0.2, -0.15) is 0 Å². The standard InChI is InChI=1S/C16H25NO/c1-12-3-4-13(2)15(9-12)11-17-10-14-5-7-16(18)8-6-14/h3-4,9,14,16-18H,5-8,10-11H2,1-2H3. The molecule has 1 aromatic rings. The minimum absolute atomic E-state index is 0.0414. The van der Waals surface area contributed by atoms with Crippen molar-refractivity contribution in [2.45, 2.75) is 52.2 Å². The average Bonchev–Trinajstić information content (AvgIpc) is 2.36. The monoisotopic (exact) mass is 247 g/mol. The molecule has 2 heteroatoms. The van der Waals surface area contributed by atoms with Crippen LogP contribution in [0.1, 0.15) is 42.4 Å². The highest BCUT2D eigenvalue weighted by atomic mass is 16.3. The van der Waals surface area contributed by atoms with Crippen molar-refractivity contribution in [3.63, 3.8) is 0 Å². The van der Waals surface area contributed by atoms with Gasteiger partial charge in [-0.15, -0.1) is 0 Å². The number of hydrogen-bond donors (Lipinski definition) is 2. The SMILES string of the molecule is Cc1ccc(C)c(CNCC2CCC(O)CC2)c1. The Balaban J connectivity index is 1.76. The second kappa shape index (κ2) is 6.35. The van der Waals surface area contributed by atoms with Crippen LogP contribution in [0.2, 0.25) is 0 Å². The van der Waals surface area contributed by atoms with E-state index in [2.05, 4.69) is 37.4 Å². The first-order valence-electron chi connectivity index (χ1n) is 7.10. The number of benzene rings is 1. The minimum Gasteiger partial charge on any atom is -0.393 e. The maximum Gasteiger partial charge on any atom is 0.0540 e. The zero-order valence-electron chi connectivity index (χ0n) is 11.6. The van der Waals surface area contributed by atoms with Crippen LogP contribution < -0.4 is 5.32 Å². The Bertz CT molecular complexity index is 381. The molecule has 1 aliphatic rings. The smallest absolute Gasteiger partial charge is 0.0540 e. The van der Waals surface area contributed by atoms with Gasteiger partial charge < -0.3 is 10.4 Å². The van der Waals surface area contributed by atoms with Gasteiger partial charge in [0.05, 0.1) is 6.10 Å². The second-order valence-electron chi connectivity index (χ2n) is 5.74. The molecule has 0 saturated heterocycles. The fraction of sp³-hybridized carbons (Fsp3) is 0.625. The first kappa shape index (κ1) is 13.6. The Morgan fingerprint density at radius 3 is 2.61 bits per heavy atom. The van der Waals surface area contributed by atoms with E-state index >= 15 is 0 Å². The molecular weight excluding hydrogens is 222 g/mol. The number of aliphatic hydroxyl groups excluding tert-OH is 1. The van der Waals surface area contributed by atoms with Crippen LogP contribution in [0.15, 0.2) is 18.2 Å². The van der Waals surface area contributed by atoms with Gasteiger partial charge >= 0.3 is 0 Å². The maximum absolute atomic E-state index is 9.48. The van der Waals surface area contributed by atoms with Crippen LogP contribution >= 0.6 is 0 Å².